The van der Waals surface area contributed by atoms with Crippen LogP contribution in [0.25, 0.3) is 11.1 Å². The molecule has 1 aromatic carbocycles. The number of pyridine rings is 1. The molecule has 1 heterocycles. The zero-order valence-electron chi connectivity index (χ0n) is 8.83. The fourth-order valence-corrected chi connectivity index (χ4v) is 1.49. The molecule has 0 spiro atoms. The number of nitro groups is 1. The fourth-order valence-electron chi connectivity index (χ4n) is 1.49. The summed E-state index contributed by atoms with van der Waals surface area (Å²) < 4.78 is 1.92. The monoisotopic (exact) mass is 215 g/mol. The van der Waals surface area contributed by atoms with Crippen molar-refractivity contribution in [2.75, 3.05) is 0 Å². The van der Waals surface area contributed by atoms with Crippen LogP contribution in [0.1, 0.15) is 0 Å². The first-order valence-electron chi connectivity index (χ1n) is 4.87. The number of aryl methyl sites for hydroxylation is 1. The van der Waals surface area contributed by atoms with Crippen molar-refractivity contribution in [3.05, 3.63) is 58.9 Å². The first kappa shape index (κ1) is 10.3. The van der Waals surface area contributed by atoms with E-state index < -0.39 is 0 Å². The SMILES string of the molecule is C[n+]1ccc(-c2cccc([N+](=O)[O-])c2)cc1. The summed E-state index contributed by atoms with van der Waals surface area (Å²) in [6.07, 6.45) is 3.82. The number of aromatic nitrogens is 1. The summed E-state index contributed by atoms with van der Waals surface area (Å²) in [5, 5.41) is 10.6. The van der Waals surface area contributed by atoms with Crippen LogP contribution >= 0.6 is 0 Å². The number of nitro benzene ring substituents is 1. The van der Waals surface area contributed by atoms with Crippen LogP contribution in [-0.2, 0) is 7.05 Å². The lowest BCUT2D eigenvalue weighted by molar-refractivity contribution is -0.671. The molecule has 0 N–H and O–H groups in total. The van der Waals surface area contributed by atoms with E-state index in [-0.39, 0.29) is 10.6 Å². The molecule has 2 rings (SSSR count). The Hall–Kier alpha value is -2.23. The second-order valence-electron chi connectivity index (χ2n) is 3.56. The van der Waals surface area contributed by atoms with Gasteiger partial charge in [0.05, 0.1) is 4.92 Å². The Morgan fingerprint density at radius 2 is 1.81 bits per heavy atom. The summed E-state index contributed by atoms with van der Waals surface area (Å²) in [6, 6.07) is 10.5. The summed E-state index contributed by atoms with van der Waals surface area (Å²) in [5.74, 6) is 0. The number of benzene rings is 1. The van der Waals surface area contributed by atoms with E-state index in [1.807, 2.05) is 42.2 Å². The van der Waals surface area contributed by atoms with Gasteiger partial charge in [-0.3, -0.25) is 10.1 Å². The van der Waals surface area contributed by atoms with Gasteiger partial charge in [0, 0.05) is 24.3 Å². The second-order valence-corrected chi connectivity index (χ2v) is 3.56. The zero-order chi connectivity index (χ0) is 11.5. The highest BCUT2D eigenvalue weighted by Gasteiger charge is 2.07. The van der Waals surface area contributed by atoms with Crippen LogP contribution < -0.4 is 4.57 Å². The standard InChI is InChI=1S/C12H11N2O2/c1-13-7-5-10(6-8-13)11-3-2-4-12(9-11)14(15)16/h2-9H,1H3/q+1. The topological polar surface area (TPSA) is 47.0 Å². The third-order valence-electron chi connectivity index (χ3n) is 2.37. The van der Waals surface area contributed by atoms with Gasteiger partial charge in [0.2, 0.25) is 0 Å². The van der Waals surface area contributed by atoms with Crippen LogP contribution in [0.3, 0.4) is 0 Å². The number of hydrogen-bond donors (Lipinski definition) is 0. The summed E-state index contributed by atoms with van der Waals surface area (Å²) in [4.78, 5) is 10.3. The van der Waals surface area contributed by atoms with Gasteiger partial charge in [0.15, 0.2) is 12.4 Å². The first-order valence-corrected chi connectivity index (χ1v) is 4.87. The summed E-state index contributed by atoms with van der Waals surface area (Å²) >= 11 is 0. The van der Waals surface area contributed by atoms with Crippen molar-refractivity contribution in [3.63, 3.8) is 0 Å². The minimum atomic E-state index is -0.383. The van der Waals surface area contributed by atoms with Gasteiger partial charge in [-0.05, 0) is 11.1 Å². The molecule has 0 aliphatic rings. The van der Waals surface area contributed by atoms with E-state index in [0.717, 1.165) is 11.1 Å². The number of non-ortho nitro benzene ring substituents is 1. The largest absolute Gasteiger partial charge is 0.270 e. The number of rotatable bonds is 2. The molecule has 0 unspecified atom stereocenters. The maximum atomic E-state index is 10.6. The molecule has 0 aliphatic heterocycles. The van der Waals surface area contributed by atoms with Crippen molar-refractivity contribution in [1.82, 2.24) is 0 Å². The quantitative estimate of drug-likeness (QED) is 0.437. The van der Waals surface area contributed by atoms with Gasteiger partial charge >= 0.3 is 0 Å². The highest BCUT2D eigenvalue weighted by molar-refractivity contribution is 5.65. The van der Waals surface area contributed by atoms with E-state index in [1.165, 1.54) is 6.07 Å². The highest BCUT2D eigenvalue weighted by atomic mass is 16.6. The molecule has 0 fully saturated rings. The van der Waals surface area contributed by atoms with Gasteiger partial charge in [-0.2, -0.15) is 0 Å². The van der Waals surface area contributed by atoms with E-state index in [0.29, 0.717) is 0 Å². The average molecular weight is 215 g/mol. The maximum absolute atomic E-state index is 10.6. The van der Waals surface area contributed by atoms with E-state index >= 15 is 0 Å². The van der Waals surface area contributed by atoms with Crippen molar-refractivity contribution in [2.24, 2.45) is 7.05 Å². The van der Waals surface area contributed by atoms with Crippen molar-refractivity contribution in [2.45, 2.75) is 0 Å². The smallest absolute Gasteiger partial charge is 0.258 e. The predicted octanol–water partition coefficient (Wildman–Crippen LogP) is 2.09. The van der Waals surface area contributed by atoms with E-state index in [9.17, 15) is 10.1 Å². The van der Waals surface area contributed by atoms with E-state index in [1.54, 1.807) is 12.1 Å². The molecule has 0 atom stereocenters. The lowest BCUT2D eigenvalue weighted by Gasteiger charge is -1.99. The molecule has 1 aromatic heterocycles. The van der Waals surface area contributed by atoms with Gasteiger partial charge in [0.25, 0.3) is 5.69 Å². The molecule has 0 aliphatic carbocycles. The predicted molar refractivity (Wildman–Crippen MR) is 59.7 cm³/mol. The molecular formula is C12H11N2O2+. The van der Waals surface area contributed by atoms with Crippen molar-refractivity contribution in [3.8, 4) is 11.1 Å². The van der Waals surface area contributed by atoms with Gasteiger partial charge in [-0.25, -0.2) is 4.57 Å². The minimum Gasteiger partial charge on any atom is -0.258 e. The van der Waals surface area contributed by atoms with Gasteiger partial charge in [-0.1, -0.05) is 12.1 Å². The molecule has 4 heteroatoms. The molecule has 0 bridgehead atoms. The molecule has 80 valence electrons. The van der Waals surface area contributed by atoms with Crippen molar-refractivity contribution < 1.29 is 9.49 Å². The molecule has 0 saturated heterocycles. The molecule has 0 radical (unpaired) electrons. The third-order valence-corrected chi connectivity index (χ3v) is 2.37. The first-order chi connectivity index (χ1) is 7.66. The summed E-state index contributed by atoms with van der Waals surface area (Å²) in [5.41, 5.74) is 1.95. The van der Waals surface area contributed by atoms with Crippen molar-refractivity contribution in [1.29, 1.82) is 0 Å². The lowest BCUT2D eigenvalue weighted by atomic mass is 10.1. The highest BCUT2D eigenvalue weighted by Crippen LogP contribution is 2.22. The molecule has 4 nitrogen and oxygen atoms in total. The lowest BCUT2D eigenvalue weighted by Crippen LogP contribution is -2.25. The Labute approximate surface area is 92.9 Å². The normalized spacial score (nSPS) is 10.1. The van der Waals surface area contributed by atoms with Crippen LogP contribution in [0.4, 0.5) is 5.69 Å². The van der Waals surface area contributed by atoms with Crippen LogP contribution in [0.5, 0.6) is 0 Å². The minimum absolute atomic E-state index is 0.116. The van der Waals surface area contributed by atoms with Crippen LogP contribution in [0, 0.1) is 10.1 Å². The average Bonchev–Trinajstić information content (AvgIpc) is 2.30. The summed E-state index contributed by atoms with van der Waals surface area (Å²) in [6.45, 7) is 0. The van der Waals surface area contributed by atoms with Gasteiger partial charge in [-0.15, -0.1) is 0 Å². The Morgan fingerprint density at radius 1 is 1.12 bits per heavy atom. The summed E-state index contributed by atoms with van der Waals surface area (Å²) in [7, 11) is 1.93. The van der Waals surface area contributed by atoms with Crippen LogP contribution in [0.15, 0.2) is 48.8 Å². The van der Waals surface area contributed by atoms with Gasteiger partial charge in [0.1, 0.15) is 7.05 Å². The Bertz CT molecular complexity index is 521. The Kier molecular flexibility index (Phi) is 2.64. The Morgan fingerprint density at radius 3 is 2.44 bits per heavy atom. The zero-order valence-corrected chi connectivity index (χ0v) is 8.83. The van der Waals surface area contributed by atoms with Crippen LogP contribution in [-0.4, -0.2) is 4.92 Å². The van der Waals surface area contributed by atoms with Crippen molar-refractivity contribution >= 4 is 5.69 Å². The molecular weight excluding hydrogens is 204 g/mol. The van der Waals surface area contributed by atoms with Crippen LogP contribution in [0.2, 0.25) is 0 Å². The fraction of sp³-hybridized carbons (Fsp3) is 0.0833. The van der Waals surface area contributed by atoms with E-state index in [2.05, 4.69) is 0 Å². The van der Waals surface area contributed by atoms with E-state index in [4.69, 9.17) is 0 Å². The molecule has 0 saturated carbocycles. The Balaban J connectivity index is 2.44. The molecule has 0 amide bonds. The molecule has 2 aromatic rings. The maximum Gasteiger partial charge on any atom is 0.270 e. The third kappa shape index (κ3) is 2.06. The van der Waals surface area contributed by atoms with Gasteiger partial charge < -0.3 is 0 Å². The second kappa shape index (κ2) is 4.10. The molecule has 16 heavy (non-hydrogen) atoms. The number of hydrogen-bond acceptors (Lipinski definition) is 2. The number of nitrogens with zero attached hydrogens (tertiary/aromatic N) is 2.